The zero-order chi connectivity index (χ0) is 19.2. The molecule has 4 rings (SSSR count). The van der Waals surface area contributed by atoms with E-state index in [0.717, 1.165) is 27.9 Å². The third-order valence-electron chi connectivity index (χ3n) is 4.89. The van der Waals surface area contributed by atoms with Crippen molar-refractivity contribution in [3.05, 3.63) is 64.1 Å². The van der Waals surface area contributed by atoms with E-state index in [1.54, 1.807) is 12.3 Å². The molecule has 3 N–H and O–H groups in total. The molecule has 0 amide bonds. The van der Waals surface area contributed by atoms with Crippen LogP contribution in [0.3, 0.4) is 0 Å². The number of aromatic nitrogens is 2. The number of hydrogen-bond acceptors (Lipinski definition) is 5. The average Bonchev–Trinajstić information content (AvgIpc) is 2.65. The number of benzene rings is 1. The van der Waals surface area contributed by atoms with E-state index in [9.17, 15) is 13.2 Å². The summed E-state index contributed by atoms with van der Waals surface area (Å²) in [5.74, 6) is 0. The van der Waals surface area contributed by atoms with E-state index in [2.05, 4.69) is 9.97 Å². The molecule has 0 spiro atoms. The lowest BCUT2D eigenvalue weighted by Gasteiger charge is -2.28. The molecule has 1 aliphatic rings. The van der Waals surface area contributed by atoms with Gasteiger partial charge < -0.3 is 9.88 Å². The van der Waals surface area contributed by atoms with Crippen LogP contribution in [0.4, 0.5) is 11.4 Å². The summed E-state index contributed by atoms with van der Waals surface area (Å²) >= 11 is 0. The molecule has 0 radical (unpaired) electrons. The molecule has 0 fully saturated rings. The largest absolute Gasteiger partial charge is 0.344 e. The number of pyridine rings is 2. The van der Waals surface area contributed by atoms with Gasteiger partial charge in [0, 0.05) is 43.5 Å². The molecular formula is C18H21Cl2N5O3S. The van der Waals surface area contributed by atoms with Gasteiger partial charge in [0.15, 0.2) is 0 Å². The van der Waals surface area contributed by atoms with Crippen molar-refractivity contribution in [3.8, 4) is 0 Å². The smallest absolute Gasteiger partial charge is 0.277 e. The van der Waals surface area contributed by atoms with E-state index in [1.807, 2.05) is 36.2 Å². The molecule has 2 aromatic heterocycles. The van der Waals surface area contributed by atoms with Gasteiger partial charge in [0.05, 0.1) is 5.69 Å². The summed E-state index contributed by atoms with van der Waals surface area (Å²) in [6.07, 6.45) is 2.28. The fourth-order valence-electron chi connectivity index (χ4n) is 3.42. The van der Waals surface area contributed by atoms with Crippen LogP contribution in [-0.2, 0) is 23.2 Å². The van der Waals surface area contributed by atoms with Crippen molar-refractivity contribution in [2.24, 2.45) is 5.14 Å². The minimum Gasteiger partial charge on any atom is -0.344 e. The number of nitrogens with two attached hydrogens (primary N) is 1. The Kier molecular flexibility index (Phi) is 6.92. The van der Waals surface area contributed by atoms with Gasteiger partial charge in [-0.1, -0.05) is 6.07 Å². The van der Waals surface area contributed by atoms with Crippen molar-refractivity contribution >= 4 is 57.4 Å². The lowest BCUT2D eigenvalue weighted by Crippen LogP contribution is -2.40. The van der Waals surface area contributed by atoms with Gasteiger partial charge in [-0.3, -0.25) is 4.79 Å². The van der Waals surface area contributed by atoms with Crippen LogP contribution < -0.4 is 15.6 Å². The van der Waals surface area contributed by atoms with Crippen molar-refractivity contribution in [2.45, 2.75) is 13.0 Å². The third-order valence-corrected chi connectivity index (χ3v) is 5.92. The Morgan fingerprint density at radius 2 is 1.90 bits per heavy atom. The van der Waals surface area contributed by atoms with E-state index in [4.69, 9.17) is 5.14 Å². The molecule has 29 heavy (non-hydrogen) atoms. The van der Waals surface area contributed by atoms with Gasteiger partial charge in [-0.2, -0.15) is 12.7 Å². The number of nitrogens with one attached hydrogen (secondary N) is 1. The Labute approximate surface area is 180 Å². The van der Waals surface area contributed by atoms with Crippen molar-refractivity contribution in [2.75, 3.05) is 18.5 Å². The summed E-state index contributed by atoms with van der Waals surface area (Å²) in [7, 11) is -1.79. The van der Waals surface area contributed by atoms with E-state index in [1.165, 1.54) is 10.4 Å². The lowest BCUT2D eigenvalue weighted by atomic mass is 10.00. The van der Waals surface area contributed by atoms with Crippen LogP contribution in [0.2, 0.25) is 0 Å². The van der Waals surface area contributed by atoms with Crippen LogP contribution in [0.1, 0.15) is 11.1 Å². The topological polar surface area (TPSA) is 112 Å². The molecule has 3 aromatic rings. The second kappa shape index (κ2) is 8.68. The molecule has 1 aromatic carbocycles. The Balaban J connectivity index is 0.00000150. The number of aromatic amines is 1. The summed E-state index contributed by atoms with van der Waals surface area (Å²) in [6.45, 7) is 0.656. The van der Waals surface area contributed by atoms with E-state index >= 15 is 0 Å². The van der Waals surface area contributed by atoms with Crippen LogP contribution in [0.5, 0.6) is 0 Å². The van der Waals surface area contributed by atoms with E-state index < -0.39 is 10.2 Å². The van der Waals surface area contributed by atoms with Crippen molar-refractivity contribution in [1.82, 2.24) is 14.3 Å². The molecule has 1 aliphatic heterocycles. The first kappa shape index (κ1) is 23.1. The highest BCUT2D eigenvalue weighted by atomic mass is 35.5. The Morgan fingerprint density at radius 3 is 2.62 bits per heavy atom. The Bertz CT molecular complexity index is 1200. The number of hydrogen-bond donors (Lipinski definition) is 2. The van der Waals surface area contributed by atoms with Gasteiger partial charge in [0.1, 0.15) is 5.65 Å². The molecule has 0 bridgehead atoms. The number of nitrogens with zero attached hydrogens (tertiary/aromatic N) is 3. The Hall–Kier alpha value is -2.17. The zero-order valence-electron chi connectivity index (χ0n) is 15.5. The number of halogens is 2. The molecule has 3 heterocycles. The van der Waals surface area contributed by atoms with Gasteiger partial charge in [-0.15, -0.1) is 24.8 Å². The molecule has 0 saturated heterocycles. The van der Waals surface area contributed by atoms with Crippen molar-refractivity contribution in [3.63, 3.8) is 0 Å². The van der Waals surface area contributed by atoms with Gasteiger partial charge >= 0.3 is 0 Å². The summed E-state index contributed by atoms with van der Waals surface area (Å²) < 4.78 is 24.6. The predicted octanol–water partition coefficient (Wildman–Crippen LogP) is 2.10. The molecule has 0 unspecified atom stereocenters. The maximum absolute atomic E-state index is 11.7. The molecule has 0 saturated carbocycles. The van der Waals surface area contributed by atoms with E-state index in [0.29, 0.717) is 18.6 Å². The van der Waals surface area contributed by atoms with Crippen LogP contribution in [-0.4, -0.2) is 36.3 Å². The Morgan fingerprint density at radius 1 is 1.14 bits per heavy atom. The number of fused-ring (bicyclic) bond motifs is 2. The quantitative estimate of drug-likeness (QED) is 0.624. The molecule has 0 atom stereocenters. The summed E-state index contributed by atoms with van der Waals surface area (Å²) in [5, 5.41) is 6.11. The fourth-order valence-corrected chi connectivity index (χ4v) is 4.08. The first-order chi connectivity index (χ1) is 12.8. The lowest BCUT2D eigenvalue weighted by molar-refractivity contribution is 0.392. The van der Waals surface area contributed by atoms with Crippen LogP contribution >= 0.6 is 24.8 Å². The predicted molar refractivity (Wildman–Crippen MR) is 119 cm³/mol. The molecule has 156 valence electrons. The molecule has 11 heteroatoms. The molecular weight excluding hydrogens is 437 g/mol. The van der Waals surface area contributed by atoms with E-state index in [-0.39, 0.29) is 36.9 Å². The monoisotopic (exact) mass is 457 g/mol. The molecule has 0 aliphatic carbocycles. The van der Waals surface area contributed by atoms with Crippen molar-refractivity contribution < 1.29 is 8.42 Å². The molecule has 8 nitrogen and oxygen atoms in total. The maximum atomic E-state index is 11.7. The third kappa shape index (κ3) is 4.54. The van der Waals surface area contributed by atoms with Gasteiger partial charge in [0.2, 0.25) is 5.56 Å². The van der Waals surface area contributed by atoms with Gasteiger partial charge in [-0.25, -0.2) is 10.1 Å². The van der Waals surface area contributed by atoms with Crippen molar-refractivity contribution in [1.29, 1.82) is 0 Å². The second-order valence-corrected chi connectivity index (χ2v) is 8.10. The van der Waals surface area contributed by atoms with Crippen LogP contribution in [0.25, 0.3) is 11.0 Å². The first-order valence-electron chi connectivity index (χ1n) is 8.44. The average molecular weight is 458 g/mol. The highest BCUT2D eigenvalue weighted by Crippen LogP contribution is 2.31. The highest BCUT2D eigenvalue weighted by Gasteiger charge is 2.24. The van der Waals surface area contributed by atoms with Gasteiger partial charge in [-0.05, 0) is 41.8 Å². The summed E-state index contributed by atoms with van der Waals surface area (Å²) in [4.78, 5) is 20.5. The standard InChI is InChI=1S/C18H19N5O3S.2ClH/c1-22(16-6-8-20-18-15(16)4-5-17(24)21-18)14-3-2-12-7-9-23(27(19,25)26)11-13(12)10-14;;/h2-6,8,10H,7,9,11H2,1H3,(H2,19,25,26)(H,20,21,24);2*1H. The number of anilines is 2. The zero-order valence-corrected chi connectivity index (χ0v) is 18.0. The number of rotatable bonds is 3. The normalized spacial score (nSPS) is 13.9. The highest BCUT2D eigenvalue weighted by molar-refractivity contribution is 7.86. The van der Waals surface area contributed by atoms with Crippen LogP contribution in [0.15, 0.2) is 47.4 Å². The SMILES string of the molecule is CN(c1ccc2c(c1)CN(S(N)(=O)=O)CC2)c1ccnc2[nH]c(=O)ccc12.Cl.Cl. The second-order valence-electron chi connectivity index (χ2n) is 6.56. The van der Waals surface area contributed by atoms with Crippen LogP contribution in [0, 0.1) is 0 Å². The fraction of sp³-hybridized carbons (Fsp3) is 0.222. The minimum atomic E-state index is -3.71. The maximum Gasteiger partial charge on any atom is 0.277 e. The summed E-state index contributed by atoms with van der Waals surface area (Å²) in [5.41, 5.74) is 4.17. The summed E-state index contributed by atoms with van der Waals surface area (Å²) in [6, 6.07) is 11.1. The number of H-pyrrole nitrogens is 1. The first-order valence-corrected chi connectivity index (χ1v) is 9.95. The minimum absolute atomic E-state index is 0. The van der Waals surface area contributed by atoms with Gasteiger partial charge in [0.25, 0.3) is 10.2 Å².